The van der Waals surface area contributed by atoms with Crippen molar-refractivity contribution in [1.82, 2.24) is 10.6 Å². The summed E-state index contributed by atoms with van der Waals surface area (Å²) in [5.41, 5.74) is 2.25. The monoisotopic (exact) mass is 380 g/mol. The molecular weight excluding hydrogens is 348 g/mol. The molecular formula is C24H32N2O2. The third-order valence-electron chi connectivity index (χ3n) is 8.11. The highest BCUT2D eigenvalue weighted by Crippen LogP contribution is 2.49. The van der Waals surface area contributed by atoms with Gasteiger partial charge in [-0.15, -0.1) is 0 Å². The van der Waals surface area contributed by atoms with E-state index >= 15 is 0 Å². The first-order valence-corrected chi connectivity index (χ1v) is 11.3. The number of carbonyl (C=O) groups is 2. The molecule has 4 aliphatic rings. The van der Waals surface area contributed by atoms with Gasteiger partial charge < -0.3 is 10.6 Å². The number of amides is 2. The van der Waals surface area contributed by atoms with Gasteiger partial charge in [0.25, 0.3) is 0 Å². The zero-order chi connectivity index (χ0) is 19.1. The quantitative estimate of drug-likeness (QED) is 0.789. The molecule has 0 saturated heterocycles. The van der Waals surface area contributed by atoms with Crippen LogP contribution in [0.1, 0.15) is 62.5 Å². The van der Waals surface area contributed by atoms with Crippen LogP contribution in [0.5, 0.6) is 0 Å². The number of hydrogen-bond donors (Lipinski definition) is 2. The molecule has 6 atom stereocenters. The van der Waals surface area contributed by atoms with E-state index in [1.54, 1.807) is 0 Å². The van der Waals surface area contributed by atoms with Crippen LogP contribution in [0.15, 0.2) is 24.3 Å². The Bertz CT molecular complexity index is 680. The Hall–Kier alpha value is -1.84. The Labute approximate surface area is 167 Å². The van der Waals surface area contributed by atoms with Crippen molar-refractivity contribution in [2.45, 2.75) is 64.5 Å². The second kappa shape index (κ2) is 7.53. The molecule has 150 valence electrons. The Morgan fingerprint density at radius 3 is 1.43 bits per heavy atom. The van der Waals surface area contributed by atoms with Crippen molar-refractivity contribution in [2.24, 2.45) is 35.5 Å². The summed E-state index contributed by atoms with van der Waals surface area (Å²) < 4.78 is 0. The van der Waals surface area contributed by atoms with Gasteiger partial charge in [-0.1, -0.05) is 37.1 Å². The summed E-state index contributed by atoms with van der Waals surface area (Å²) in [6.45, 7) is 1.20. The zero-order valence-corrected chi connectivity index (χ0v) is 16.7. The molecule has 1 aromatic carbocycles. The minimum absolute atomic E-state index is 0.245. The largest absolute Gasteiger partial charge is 0.352 e. The van der Waals surface area contributed by atoms with Crippen LogP contribution < -0.4 is 10.6 Å². The van der Waals surface area contributed by atoms with Gasteiger partial charge in [0.1, 0.15) is 0 Å². The van der Waals surface area contributed by atoms with Crippen LogP contribution in [0.25, 0.3) is 0 Å². The average Bonchev–Trinajstić information content (AvgIpc) is 3.52. The van der Waals surface area contributed by atoms with Gasteiger partial charge in [0.15, 0.2) is 0 Å². The molecule has 28 heavy (non-hydrogen) atoms. The minimum Gasteiger partial charge on any atom is -0.352 e. The molecule has 4 saturated carbocycles. The van der Waals surface area contributed by atoms with Gasteiger partial charge in [0.2, 0.25) is 11.8 Å². The third kappa shape index (κ3) is 3.58. The number of benzene rings is 1. The smallest absolute Gasteiger partial charge is 0.223 e. The molecule has 4 heteroatoms. The fourth-order valence-electron chi connectivity index (χ4n) is 6.55. The van der Waals surface area contributed by atoms with Gasteiger partial charge in [-0.25, -0.2) is 0 Å². The van der Waals surface area contributed by atoms with Gasteiger partial charge in [0.05, 0.1) is 0 Å². The lowest BCUT2D eigenvalue weighted by atomic mass is 9.88. The van der Waals surface area contributed by atoms with Gasteiger partial charge in [0, 0.05) is 24.9 Å². The third-order valence-corrected chi connectivity index (χ3v) is 8.11. The maximum Gasteiger partial charge on any atom is 0.223 e. The number of hydrogen-bond acceptors (Lipinski definition) is 2. The van der Waals surface area contributed by atoms with E-state index < -0.39 is 0 Å². The average molecular weight is 381 g/mol. The Morgan fingerprint density at radius 1 is 0.679 bits per heavy atom. The summed E-state index contributed by atoms with van der Waals surface area (Å²) in [5, 5.41) is 6.28. The molecule has 4 nitrogen and oxygen atoms in total. The molecule has 0 spiro atoms. The highest BCUT2D eigenvalue weighted by molar-refractivity contribution is 5.80. The number of rotatable bonds is 6. The van der Waals surface area contributed by atoms with Crippen molar-refractivity contribution in [1.29, 1.82) is 0 Å². The molecule has 0 aromatic heterocycles. The van der Waals surface area contributed by atoms with Crippen LogP contribution in [-0.4, -0.2) is 11.8 Å². The second-order valence-electron chi connectivity index (χ2n) is 9.81. The topological polar surface area (TPSA) is 58.2 Å². The van der Waals surface area contributed by atoms with Crippen LogP contribution in [-0.2, 0) is 22.7 Å². The molecule has 2 N–H and O–H groups in total. The summed E-state index contributed by atoms with van der Waals surface area (Å²) >= 11 is 0. The maximum atomic E-state index is 12.5. The Balaban J connectivity index is 1.07. The van der Waals surface area contributed by atoms with Crippen LogP contribution in [0.4, 0.5) is 0 Å². The van der Waals surface area contributed by atoms with Crippen LogP contribution in [0.2, 0.25) is 0 Å². The second-order valence-corrected chi connectivity index (χ2v) is 9.81. The summed E-state index contributed by atoms with van der Waals surface area (Å²) in [7, 11) is 0. The van der Waals surface area contributed by atoms with Gasteiger partial charge >= 0.3 is 0 Å². The minimum atomic E-state index is 0.245. The molecule has 4 bridgehead atoms. The predicted octanol–water partition coefficient (Wildman–Crippen LogP) is 3.79. The first-order chi connectivity index (χ1) is 13.7. The van der Waals surface area contributed by atoms with Crippen molar-refractivity contribution < 1.29 is 9.59 Å². The van der Waals surface area contributed by atoms with Crippen molar-refractivity contribution in [2.75, 3.05) is 0 Å². The highest BCUT2D eigenvalue weighted by Gasteiger charge is 2.43. The van der Waals surface area contributed by atoms with Crippen LogP contribution in [0.3, 0.4) is 0 Å². The Kier molecular flexibility index (Phi) is 4.90. The molecule has 0 aliphatic heterocycles. The summed E-state index contributed by atoms with van der Waals surface area (Å²) in [6.07, 6.45) is 9.86. The first-order valence-electron chi connectivity index (χ1n) is 11.3. The fourth-order valence-corrected chi connectivity index (χ4v) is 6.55. The van der Waals surface area contributed by atoms with Gasteiger partial charge in [-0.2, -0.15) is 0 Å². The summed E-state index contributed by atoms with van der Waals surface area (Å²) in [6, 6.07) is 8.28. The van der Waals surface area contributed by atoms with E-state index in [1.807, 2.05) is 0 Å². The number of carbonyl (C=O) groups excluding carboxylic acids is 2. The molecule has 4 aliphatic carbocycles. The molecule has 4 fully saturated rings. The predicted molar refractivity (Wildman–Crippen MR) is 108 cm³/mol. The van der Waals surface area contributed by atoms with Gasteiger partial charge in [-0.05, 0) is 73.3 Å². The zero-order valence-electron chi connectivity index (χ0n) is 16.7. The van der Waals surface area contributed by atoms with E-state index in [0.29, 0.717) is 24.9 Å². The van der Waals surface area contributed by atoms with E-state index in [2.05, 4.69) is 34.9 Å². The van der Waals surface area contributed by atoms with Crippen LogP contribution >= 0.6 is 0 Å². The van der Waals surface area contributed by atoms with Crippen molar-refractivity contribution in [3.63, 3.8) is 0 Å². The number of fused-ring (bicyclic) bond motifs is 4. The maximum absolute atomic E-state index is 12.5. The first kappa shape index (κ1) is 18.2. The van der Waals surface area contributed by atoms with E-state index in [4.69, 9.17) is 0 Å². The lowest BCUT2D eigenvalue weighted by Gasteiger charge is -2.21. The lowest BCUT2D eigenvalue weighted by Crippen LogP contribution is -2.33. The van der Waals surface area contributed by atoms with E-state index in [9.17, 15) is 9.59 Å². The molecule has 1 aromatic rings. The lowest BCUT2D eigenvalue weighted by molar-refractivity contribution is -0.127. The normalized spacial score (nSPS) is 35.3. The standard InChI is InChI=1S/C24H32N2O2/c27-23(21-11-17-5-7-19(21)9-17)25-13-15-1-2-16(4-3-15)14-26-24(28)22-12-18-6-8-20(22)10-18/h1-4,17-22H,5-14H2,(H,25,27)(H,26,28). The SMILES string of the molecule is O=C(NCc1ccc(CNC(=O)C2CC3CCC2C3)cc1)C1CC2CCC1C2. The molecule has 0 radical (unpaired) electrons. The van der Waals surface area contributed by atoms with Crippen molar-refractivity contribution >= 4 is 11.8 Å². The summed E-state index contributed by atoms with van der Waals surface area (Å²) in [5.74, 6) is 3.85. The summed E-state index contributed by atoms with van der Waals surface area (Å²) in [4.78, 5) is 24.9. The van der Waals surface area contributed by atoms with Crippen LogP contribution in [0, 0.1) is 35.5 Å². The van der Waals surface area contributed by atoms with E-state index in [1.165, 1.54) is 38.5 Å². The molecule has 2 amide bonds. The molecule has 6 unspecified atom stereocenters. The van der Waals surface area contributed by atoms with E-state index in [-0.39, 0.29) is 23.7 Å². The van der Waals surface area contributed by atoms with Crippen molar-refractivity contribution in [3.05, 3.63) is 35.4 Å². The van der Waals surface area contributed by atoms with Crippen molar-refractivity contribution in [3.8, 4) is 0 Å². The molecule has 0 heterocycles. The highest BCUT2D eigenvalue weighted by atomic mass is 16.2. The molecule has 5 rings (SSSR count). The Morgan fingerprint density at radius 2 is 1.11 bits per heavy atom. The van der Waals surface area contributed by atoms with E-state index in [0.717, 1.165) is 35.8 Å². The van der Waals surface area contributed by atoms with Gasteiger partial charge in [-0.3, -0.25) is 9.59 Å². The number of nitrogens with one attached hydrogen (secondary N) is 2. The fraction of sp³-hybridized carbons (Fsp3) is 0.667.